The van der Waals surface area contributed by atoms with Crippen LogP contribution in [0.1, 0.15) is 39.6 Å². The summed E-state index contributed by atoms with van der Waals surface area (Å²) in [5, 5.41) is 11.4. The third kappa shape index (κ3) is 5.08. The van der Waals surface area contributed by atoms with E-state index in [1.807, 2.05) is 66.9 Å². The van der Waals surface area contributed by atoms with Crippen molar-refractivity contribution < 1.29 is 19.2 Å². The number of hydrogen-bond donors (Lipinski definition) is 0. The summed E-state index contributed by atoms with van der Waals surface area (Å²) in [4.78, 5) is 26.5. The molecular formula is C29H26ClN3O5. The second-order valence-corrected chi connectivity index (χ2v) is 9.40. The van der Waals surface area contributed by atoms with E-state index in [0.29, 0.717) is 24.7 Å². The fourth-order valence-corrected chi connectivity index (χ4v) is 5.00. The van der Waals surface area contributed by atoms with Gasteiger partial charge in [-0.2, -0.15) is 0 Å². The van der Waals surface area contributed by atoms with Crippen LogP contribution in [0.15, 0.2) is 85.1 Å². The first-order valence-corrected chi connectivity index (χ1v) is 12.6. The molecule has 0 bridgehead atoms. The summed E-state index contributed by atoms with van der Waals surface area (Å²) in [5.41, 5.74) is 2.73. The monoisotopic (exact) mass is 531 g/mol. The number of carbonyl (C=O) groups excluding carboxylic acids is 1. The highest BCUT2D eigenvalue weighted by Gasteiger charge is 2.33. The van der Waals surface area contributed by atoms with Crippen LogP contribution in [0.5, 0.6) is 11.5 Å². The van der Waals surface area contributed by atoms with Crippen LogP contribution >= 0.6 is 11.6 Å². The molecule has 5 rings (SSSR count). The molecule has 1 aliphatic rings. The number of nitro groups is 1. The van der Waals surface area contributed by atoms with E-state index in [2.05, 4.69) is 4.57 Å². The van der Waals surface area contributed by atoms with Crippen LogP contribution in [-0.2, 0) is 13.2 Å². The van der Waals surface area contributed by atoms with Gasteiger partial charge in [-0.3, -0.25) is 14.9 Å². The summed E-state index contributed by atoms with van der Waals surface area (Å²) in [6, 6.07) is 23.2. The topological polar surface area (TPSA) is 86.8 Å². The van der Waals surface area contributed by atoms with E-state index in [0.717, 1.165) is 29.8 Å². The Kier molecular flexibility index (Phi) is 7.33. The first kappa shape index (κ1) is 25.4. The molecule has 9 heteroatoms. The number of ether oxygens (including phenoxy) is 2. The van der Waals surface area contributed by atoms with E-state index >= 15 is 0 Å². The van der Waals surface area contributed by atoms with Gasteiger partial charge in [-0.1, -0.05) is 48.0 Å². The minimum absolute atomic E-state index is 0.0105. The van der Waals surface area contributed by atoms with Gasteiger partial charge < -0.3 is 18.9 Å². The van der Waals surface area contributed by atoms with Gasteiger partial charge in [-0.15, -0.1) is 0 Å². The van der Waals surface area contributed by atoms with Crippen LogP contribution in [-0.4, -0.2) is 34.0 Å². The fourth-order valence-electron chi connectivity index (χ4n) is 4.81. The third-order valence-corrected chi connectivity index (χ3v) is 6.97. The van der Waals surface area contributed by atoms with E-state index in [4.69, 9.17) is 21.1 Å². The van der Waals surface area contributed by atoms with Gasteiger partial charge in [0.1, 0.15) is 11.6 Å². The van der Waals surface area contributed by atoms with Crippen LogP contribution in [0, 0.1) is 10.1 Å². The maximum absolute atomic E-state index is 13.8. The number of nitrogens with zero attached hydrogens (tertiary/aromatic N) is 3. The number of carbonyl (C=O) groups is 1. The SMILES string of the molecule is COc1cc(C2c3cccn3CCCN2C(=O)c2ccc(Cl)c([N+](=O)[O-])c2)ccc1OCc1ccccc1. The zero-order valence-corrected chi connectivity index (χ0v) is 21.5. The van der Waals surface area contributed by atoms with Crippen molar-refractivity contribution in [2.75, 3.05) is 13.7 Å². The average Bonchev–Trinajstić information content (AvgIpc) is 3.32. The highest BCUT2D eigenvalue weighted by Crippen LogP contribution is 2.38. The molecule has 8 nitrogen and oxygen atoms in total. The largest absolute Gasteiger partial charge is 0.493 e. The molecule has 0 saturated heterocycles. The molecule has 1 aliphatic heterocycles. The molecule has 0 aliphatic carbocycles. The molecule has 38 heavy (non-hydrogen) atoms. The number of benzene rings is 3. The average molecular weight is 532 g/mol. The van der Waals surface area contributed by atoms with Crippen molar-refractivity contribution in [3.05, 3.63) is 123 Å². The smallest absolute Gasteiger partial charge is 0.288 e. The summed E-state index contributed by atoms with van der Waals surface area (Å²) in [6.45, 7) is 1.61. The minimum Gasteiger partial charge on any atom is -0.493 e. The normalized spacial score (nSPS) is 14.9. The second kappa shape index (κ2) is 11.0. The molecule has 3 aromatic carbocycles. The summed E-state index contributed by atoms with van der Waals surface area (Å²) in [7, 11) is 1.58. The molecule has 2 heterocycles. The molecule has 194 valence electrons. The lowest BCUT2D eigenvalue weighted by Crippen LogP contribution is -2.35. The van der Waals surface area contributed by atoms with Gasteiger partial charge in [0.15, 0.2) is 11.5 Å². The van der Waals surface area contributed by atoms with Gasteiger partial charge in [0, 0.05) is 36.6 Å². The molecule has 0 radical (unpaired) electrons. The molecule has 1 unspecified atom stereocenters. The van der Waals surface area contributed by atoms with E-state index in [1.165, 1.54) is 18.2 Å². The lowest BCUT2D eigenvalue weighted by atomic mass is 10.00. The second-order valence-electron chi connectivity index (χ2n) is 8.99. The van der Waals surface area contributed by atoms with Crippen LogP contribution in [0.2, 0.25) is 5.02 Å². The minimum atomic E-state index is -0.580. The van der Waals surface area contributed by atoms with E-state index in [9.17, 15) is 14.9 Å². The number of amides is 1. The number of methoxy groups -OCH3 is 1. The summed E-state index contributed by atoms with van der Waals surface area (Å²) < 4.78 is 13.8. The Balaban J connectivity index is 1.52. The first-order chi connectivity index (χ1) is 18.5. The highest BCUT2D eigenvalue weighted by molar-refractivity contribution is 6.32. The van der Waals surface area contributed by atoms with Gasteiger partial charge in [0.05, 0.1) is 18.1 Å². The van der Waals surface area contributed by atoms with Gasteiger partial charge in [0.2, 0.25) is 0 Å². The van der Waals surface area contributed by atoms with Crippen LogP contribution < -0.4 is 9.47 Å². The molecule has 4 aromatic rings. The number of hydrogen-bond acceptors (Lipinski definition) is 5. The maximum Gasteiger partial charge on any atom is 0.288 e. The van der Waals surface area contributed by atoms with Crippen molar-refractivity contribution >= 4 is 23.2 Å². The Labute approximate surface area is 225 Å². The number of aryl methyl sites for hydroxylation is 1. The number of rotatable bonds is 7. The number of nitro benzene ring substituents is 1. The number of aromatic nitrogens is 1. The van der Waals surface area contributed by atoms with Crippen molar-refractivity contribution in [3.63, 3.8) is 0 Å². The third-order valence-electron chi connectivity index (χ3n) is 6.65. The van der Waals surface area contributed by atoms with E-state index in [-0.39, 0.29) is 22.2 Å². The first-order valence-electron chi connectivity index (χ1n) is 12.2. The van der Waals surface area contributed by atoms with E-state index in [1.54, 1.807) is 12.0 Å². The van der Waals surface area contributed by atoms with Gasteiger partial charge >= 0.3 is 0 Å². The van der Waals surface area contributed by atoms with Gasteiger partial charge in [-0.25, -0.2) is 0 Å². The highest BCUT2D eigenvalue weighted by atomic mass is 35.5. The van der Waals surface area contributed by atoms with Gasteiger partial charge in [0.25, 0.3) is 11.6 Å². The lowest BCUT2D eigenvalue weighted by molar-refractivity contribution is -0.384. The lowest BCUT2D eigenvalue weighted by Gasteiger charge is -2.31. The quantitative estimate of drug-likeness (QED) is 0.207. The predicted molar refractivity (Wildman–Crippen MR) is 144 cm³/mol. The van der Waals surface area contributed by atoms with E-state index < -0.39 is 11.0 Å². The Hall–Kier alpha value is -4.30. The number of fused-ring (bicyclic) bond motifs is 1. The summed E-state index contributed by atoms with van der Waals surface area (Å²) in [5.74, 6) is 0.832. The van der Waals surface area contributed by atoms with Gasteiger partial charge in [-0.05, 0) is 53.9 Å². The van der Waals surface area contributed by atoms with Crippen molar-refractivity contribution in [3.8, 4) is 11.5 Å². The van der Waals surface area contributed by atoms with Crippen molar-refractivity contribution in [1.29, 1.82) is 0 Å². The molecule has 1 atom stereocenters. The van der Waals surface area contributed by atoms with Crippen LogP contribution in [0.3, 0.4) is 0 Å². The zero-order chi connectivity index (χ0) is 26.6. The maximum atomic E-state index is 13.8. The Morgan fingerprint density at radius 3 is 2.61 bits per heavy atom. The summed E-state index contributed by atoms with van der Waals surface area (Å²) in [6.07, 6.45) is 2.73. The van der Waals surface area contributed by atoms with Crippen LogP contribution in [0.4, 0.5) is 5.69 Å². The Morgan fingerprint density at radius 1 is 1.03 bits per heavy atom. The molecule has 1 aromatic heterocycles. The molecule has 1 amide bonds. The molecule has 0 N–H and O–H groups in total. The fraction of sp³-hybridized carbons (Fsp3) is 0.207. The molecule has 0 spiro atoms. The van der Waals surface area contributed by atoms with Crippen LogP contribution in [0.25, 0.3) is 0 Å². The molecular weight excluding hydrogens is 506 g/mol. The van der Waals surface area contributed by atoms with Crippen molar-refractivity contribution in [1.82, 2.24) is 9.47 Å². The van der Waals surface area contributed by atoms with Crippen molar-refractivity contribution in [2.45, 2.75) is 25.6 Å². The predicted octanol–water partition coefficient (Wildman–Crippen LogP) is 6.27. The summed E-state index contributed by atoms with van der Waals surface area (Å²) >= 11 is 6.00. The molecule has 0 saturated carbocycles. The van der Waals surface area contributed by atoms with Crippen molar-refractivity contribution in [2.24, 2.45) is 0 Å². The molecule has 0 fully saturated rings. The standard InChI is InChI=1S/C29H26ClN3O5/c1-37-27-18-21(11-13-26(27)38-19-20-7-3-2-4-8-20)28-24-9-5-14-31(24)15-6-16-32(28)29(34)22-10-12-23(30)25(17-22)33(35)36/h2-5,7-14,17-18,28H,6,15-16,19H2,1H3. The number of halogens is 1. The Morgan fingerprint density at radius 2 is 1.84 bits per heavy atom. The Bertz CT molecular complexity index is 1470. The zero-order valence-electron chi connectivity index (χ0n) is 20.7.